The van der Waals surface area contributed by atoms with Crippen molar-refractivity contribution in [2.75, 3.05) is 0 Å². The molecule has 0 saturated carbocycles. The number of hydrogen-bond acceptors (Lipinski definition) is 1. The Balaban J connectivity index is 2.50. The number of aromatic nitrogens is 2. The Morgan fingerprint density at radius 1 is 1.50 bits per heavy atom. The molecule has 1 heterocycles. The monoisotopic (exact) mass is 136 g/mol. The van der Waals surface area contributed by atoms with Gasteiger partial charge in [-0.25, -0.2) is 0 Å². The van der Waals surface area contributed by atoms with E-state index in [4.69, 9.17) is 0 Å². The van der Waals surface area contributed by atoms with Crippen LogP contribution >= 0.6 is 0 Å². The van der Waals surface area contributed by atoms with E-state index in [2.05, 4.69) is 18.9 Å². The molecule has 2 rings (SSSR count). The summed E-state index contributed by atoms with van der Waals surface area (Å²) >= 11 is 0. The lowest BCUT2D eigenvalue weighted by Gasteiger charge is -2.05. The van der Waals surface area contributed by atoms with Crippen LogP contribution in [0.3, 0.4) is 0 Å². The molecule has 0 atom stereocenters. The third kappa shape index (κ3) is 0.618. The van der Waals surface area contributed by atoms with E-state index < -0.39 is 0 Å². The normalized spacial score (nSPS) is 14.0. The van der Waals surface area contributed by atoms with Gasteiger partial charge in [0.25, 0.3) is 0 Å². The van der Waals surface area contributed by atoms with Crippen molar-refractivity contribution in [1.29, 1.82) is 0 Å². The standard InChI is InChI=1S/C8H12N2/c1-5(2)8-6-4-7(6)9-10(8)3/h5H,4H2,1-3H3. The van der Waals surface area contributed by atoms with Crippen molar-refractivity contribution in [2.24, 2.45) is 7.05 Å². The summed E-state index contributed by atoms with van der Waals surface area (Å²) in [7, 11) is 2.03. The lowest BCUT2D eigenvalue weighted by Crippen LogP contribution is -2.02. The summed E-state index contributed by atoms with van der Waals surface area (Å²) in [5.74, 6) is 0.628. The zero-order chi connectivity index (χ0) is 7.30. The molecule has 0 bridgehead atoms. The van der Waals surface area contributed by atoms with Gasteiger partial charge in [-0.1, -0.05) is 13.8 Å². The Kier molecular flexibility index (Phi) is 0.967. The fourth-order valence-electron chi connectivity index (χ4n) is 1.61. The molecule has 0 N–H and O–H groups in total. The Labute approximate surface area is 60.9 Å². The summed E-state index contributed by atoms with van der Waals surface area (Å²) in [6.07, 6.45) is 1.15. The topological polar surface area (TPSA) is 17.8 Å². The van der Waals surface area contributed by atoms with Crippen LogP contribution in [0.15, 0.2) is 0 Å². The molecule has 0 aromatic carbocycles. The van der Waals surface area contributed by atoms with Crippen LogP contribution in [0.4, 0.5) is 0 Å². The van der Waals surface area contributed by atoms with E-state index in [0.717, 1.165) is 6.42 Å². The molecule has 0 saturated heterocycles. The zero-order valence-corrected chi connectivity index (χ0v) is 6.68. The zero-order valence-electron chi connectivity index (χ0n) is 6.68. The first-order valence-electron chi connectivity index (χ1n) is 3.74. The Bertz CT molecular complexity index is 267. The molecule has 0 aliphatic heterocycles. The minimum atomic E-state index is 0.628. The van der Waals surface area contributed by atoms with Gasteiger partial charge in [0.05, 0.1) is 5.69 Å². The molecule has 0 fully saturated rings. The maximum Gasteiger partial charge on any atom is 0.0708 e. The highest BCUT2D eigenvalue weighted by Gasteiger charge is 2.28. The molecule has 54 valence electrons. The summed E-state index contributed by atoms with van der Waals surface area (Å²) in [4.78, 5) is 0. The lowest BCUT2D eigenvalue weighted by atomic mass is 10.1. The van der Waals surface area contributed by atoms with Crippen molar-refractivity contribution in [3.05, 3.63) is 17.0 Å². The minimum absolute atomic E-state index is 0.628. The first-order chi connectivity index (χ1) is 4.70. The lowest BCUT2D eigenvalue weighted by molar-refractivity contribution is 0.652. The molecule has 0 radical (unpaired) electrons. The van der Waals surface area contributed by atoms with Crippen molar-refractivity contribution in [1.82, 2.24) is 9.78 Å². The van der Waals surface area contributed by atoms with Gasteiger partial charge in [-0.05, 0) is 5.92 Å². The highest BCUT2D eigenvalue weighted by Crippen LogP contribution is 2.34. The van der Waals surface area contributed by atoms with Crippen LogP contribution in [0.25, 0.3) is 0 Å². The average Bonchev–Trinajstić information content (AvgIpc) is 2.42. The van der Waals surface area contributed by atoms with Gasteiger partial charge in [-0.2, -0.15) is 5.10 Å². The number of fused-ring (bicyclic) bond motifs is 1. The molecule has 0 amide bonds. The molecule has 0 spiro atoms. The molecule has 1 aromatic heterocycles. The summed E-state index contributed by atoms with van der Waals surface area (Å²) in [6, 6.07) is 0. The smallest absolute Gasteiger partial charge is 0.0708 e. The van der Waals surface area contributed by atoms with Crippen LogP contribution in [0, 0.1) is 0 Å². The van der Waals surface area contributed by atoms with E-state index in [1.54, 1.807) is 0 Å². The second-order valence-electron chi connectivity index (χ2n) is 3.27. The predicted molar refractivity (Wildman–Crippen MR) is 40.1 cm³/mol. The average molecular weight is 136 g/mol. The molecule has 2 heteroatoms. The van der Waals surface area contributed by atoms with Crippen molar-refractivity contribution in [3.8, 4) is 0 Å². The SMILES string of the molecule is CC(C)c1c2c(nn1C)C2. The summed E-state index contributed by atoms with van der Waals surface area (Å²) in [5, 5.41) is 4.34. The fraction of sp³-hybridized carbons (Fsp3) is 0.625. The van der Waals surface area contributed by atoms with E-state index in [1.807, 2.05) is 11.7 Å². The Morgan fingerprint density at radius 3 is 2.50 bits per heavy atom. The maximum absolute atomic E-state index is 4.34. The molecule has 1 aliphatic carbocycles. The number of aryl methyl sites for hydroxylation is 1. The van der Waals surface area contributed by atoms with E-state index >= 15 is 0 Å². The van der Waals surface area contributed by atoms with Gasteiger partial charge in [-0.3, -0.25) is 4.68 Å². The van der Waals surface area contributed by atoms with Crippen molar-refractivity contribution < 1.29 is 0 Å². The third-order valence-electron chi connectivity index (χ3n) is 2.04. The minimum Gasteiger partial charge on any atom is -0.272 e. The van der Waals surface area contributed by atoms with Gasteiger partial charge in [0.2, 0.25) is 0 Å². The molecule has 1 aromatic rings. The first-order valence-corrected chi connectivity index (χ1v) is 3.74. The van der Waals surface area contributed by atoms with Crippen molar-refractivity contribution in [2.45, 2.75) is 26.2 Å². The van der Waals surface area contributed by atoms with Gasteiger partial charge in [-0.15, -0.1) is 0 Å². The number of nitrogens with zero attached hydrogens (tertiary/aromatic N) is 2. The van der Waals surface area contributed by atoms with E-state index in [1.165, 1.54) is 17.0 Å². The largest absolute Gasteiger partial charge is 0.272 e. The fourth-order valence-corrected chi connectivity index (χ4v) is 1.61. The molecule has 2 nitrogen and oxygen atoms in total. The summed E-state index contributed by atoms with van der Waals surface area (Å²) in [6.45, 7) is 4.44. The van der Waals surface area contributed by atoms with Gasteiger partial charge in [0.15, 0.2) is 0 Å². The van der Waals surface area contributed by atoms with Crippen LogP contribution in [0.1, 0.15) is 36.7 Å². The van der Waals surface area contributed by atoms with Gasteiger partial charge in [0.1, 0.15) is 0 Å². The second kappa shape index (κ2) is 1.62. The third-order valence-corrected chi connectivity index (χ3v) is 2.04. The van der Waals surface area contributed by atoms with Crippen LogP contribution < -0.4 is 0 Å². The van der Waals surface area contributed by atoms with Crippen molar-refractivity contribution in [3.63, 3.8) is 0 Å². The highest BCUT2D eigenvalue weighted by atomic mass is 15.3. The number of hydrogen-bond donors (Lipinski definition) is 0. The van der Waals surface area contributed by atoms with Crippen LogP contribution in [0.2, 0.25) is 0 Å². The van der Waals surface area contributed by atoms with E-state index in [0.29, 0.717) is 5.92 Å². The Morgan fingerprint density at radius 2 is 2.20 bits per heavy atom. The van der Waals surface area contributed by atoms with E-state index in [-0.39, 0.29) is 0 Å². The highest BCUT2D eigenvalue weighted by molar-refractivity contribution is 5.44. The predicted octanol–water partition coefficient (Wildman–Crippen LogP) is 1.45. The van der Waals surface area contributed by atoms with Crippen molar-refractivity contribution >= 4 is 0 Å². The first kappa shape index (κ1) is 5.96. The molecule has 10 heavy (non-hydrogen) atoms. The van der Waals surface area contributed by atoms with Gasteiger partial charge < -0.3 is 0 Å². The summed E-state index contributed by atoms with van der Waals surface area (Å²) in [5.41, 5.74) is 4.23. The van der Waals surface area contributed by atoms with Crippen LogP contribution in [-0.4, -0.2) is 9.78 Å². The van der Waals surface area contributed by atoms with Gasteiger partial charge in [0, 0.05) is 24.7 Å². The van der Waals surface area contributed by atoms with Crippen LogP contribution in [-0.2, 0) is 13.5 Å². The molecule has 1 aliphatic rings. The molecular formula is C8H12N2. The Hall–Kier alpha value is -0.790. The molecule has 0 unspecified atom stereocenters. The van der Waals surface area contributed by atoms with Gasteiger partial charge >= 0.3 is 0 Å². The summed E-state index contributed by atoms with van der Waals surface area (Å²) < 4.78 is 2.01. The van der Waals surface area contributed by atoms with Crippen LogP contribution in [0.5, 0.6) is 0 Å². The number of rotatable bonds is 1. The molecular weight excluding hydrogens is 124 g/mol. The quantitative estimate of drug-likeness (QED) is 0.580. The maximum atomic E-state index is 4.34. The second-order valence-corrected chi connectivity index (χ2v) is 3.27. The van der Waals surface area contributed by atoms with E-state index in [9.17, 15) is 0 Å².